The lowest BCUT2D eigenvalue weighted by molar-refractivity contribution is -0.230. The Kier molecular flexibility index (Phi) is 7.18. The SMILES string of the molecule is CC(C)(c1ccccc1)c1ccccc1C(=O)NC1CN2C(N)=N[C@@H](CN3C(=O)CN(c4ccccc4)C3=O)[C@@H]3N=C(N)NC32C1(O)O. The van der Waals surface area contributed by atoms with Gasteiger partial charge in [0.25, 0.3) is 11.8 Å². The van der Waals surface area contributed by atoms with E-state index in [0.717, 1.165) is 16.0 Å². The number of hydrogen-bond acceptors (Lipinski definition) is 11. The fourth-order valence-corrected chi connectivity index (χ4v) is 7.43. The van der Waals surface area contributed by atoms with Crippen molar-refractivity contribution in [2.75, 3.05) is 24.5 Å². The van der Waals surface area contributed by atoms with Crippen LogP contribution in [-0.2, 0) is 10.2 Å². The number of imide groups is 1. The zero-order valence-corrected chi connectivity index (χ0v) is 26.4. The van der Waals surface area contributed by atoms with Crippen LogP contribution < -0.4 is 27.0 Å². The molecule has 2 unspecified atom stereocenters. The molecule has 0 radical (unpaired) electrons. The number of benzene rings is 3. The Hall–Kier alpha value is -5.47. The number of urea groups is 1. The first kappa shape index (κ1) is 31.1. The Labute approximate surface area is 276 Å². The van der Waals surface area contributed by atoms with Gasteiger partial charge < -0.3 is 37.2 Å². The summed E-state index contributed by atoms with van der Waals surface area (Å²) in [6.07, 6.45) is 0. The van der Waals surface area contributed by atoms with E-state index in [4.69, 9.17) is 11.5 Å². The maximum atomic E-state index is 14.0. The minimum atomic E-state index is -2.70. The number of carbonyl (C=O) groups excluding carboxylic acids is 3. The maximum absolute atomic E-state index is 14.0. The molecule has 4 aliphatic heterocycles. The second kappa shape index (κ2) is 11.1. The first-order valence-electron chi connectivity index (χ1n) is 15.7. The number of nitrogens with zero attached hydrogens (tertiary/aromatic N) is 5. The number of guanidine groups is 2. The average Bonchev–Trinajstić information content (AvgIpc) is 3.66. The van der Waals surface area contributed by atoms with Crippen LogP contribution in [0.1, 0.15) is 35.3 Å². The second-order valence-corrected chi connectivity index (χ2v) is 13.0. The van der Waals surface area contributed by atoms with Gasteiger partial charge in [0.15, 0.2) is 17.6 Å². The molecule has 0 aliphatic carbocycles. The molecule has 3 aromatic carbocycles. The van der Waals surface area contributed by atoms with Crippen LogP contribution >= 0.6 is 0 Å². The van der Waals surface area contributed by atoms with E-state index < -0.39 is 52.8 Å². The molecule has 14 heteroatoms. The highest BCUT2D eigenvalue weighted by atomic mass is 16.5. The van der Waals surface area contributed by atoms with Crippen molar-refractivity contribution in [3.63, 3.8) is 0 Å². The van der Waals surface area contributed by atoms with Crippen LogP contribution in [0.2, 0.25) is 0 Å². The molecule has 14 nitrogen and oxygen atoms in total. The lowest BCUT2D eigenvalue weighted by atomic mass is 9.76. The molecule has 4 atom stereocenters. The molecule has 2 saturated heterocycles. The topological polar surface area (TPSA) is 202 Å². The number of hydrogen-bond donors (Lipinski definition) is 6. The number of anilines is 1. The van der Waals surface area contributed by atoms with E-state index in [9.17, 15) is 24.6 Å². The summed E-state index contributed by atoms with van der Waals surface area (Å²) in [6, 6.07) is 21.8. The van der Waals surface area contributed by atoms with Crippen LogP contribution in [0.3, 0.4) is 0 Å². The van der Waals surface area contributed by atoms with E-state index in [-0.39, 0.29) is 31.6 Å². The van der Waals surface area contributed by atoms with Crippen LogP contribution in [0, 0.1) is 0 Å². The molecule has 0 saturated carbocycles. The molecule has 0 aromatic heterocycles. The highest BCUT2D eigenvalue weighted by molar-refractivity contribution is 6.12. The fraction of sp³-hybridized carbons (Fsp3) is 0.324. The molecule has 248 valence electrons. The van der Waals surface area contributed by atoms with Gasteiger partial charge in [-0.1, -0.05) is 80.6 Å². The Bertz CT molecular complexity index is 1850. The van der Waals surface area contributed by atoms with Gasteiger partial charge in [0.2, 0.25) is 5.79 Å². The van der Waals surface area contributed by atoms with Crippen molar-refractivity contribution in [3.8, 4) is 0 Å². The molecular weight excluding hydrogens is 614 g/mol. The van der Waals surface area contributed by atoms with Crippen molar-refractivity contribution in [2.24, 2.45) is 21.5 Å². The molecule has 4 aliphatic rings. The molecule has 4 heterocycles. The van der Waals surface area contributed by atoms with E-state index in [2.05, 4.69) is 20.6 Å². The number of rotatable bonds is 7. The number of aliphatic hydroxyl groups is 2. The van der Waals surface area contributed by atoms with Gasteiger partial charge in [-0.3, -0.25) is 19.4 Å². The fourth-order valence-electron chi connectivity index (χ4n) is 7.43. The van der Waals surface area contributed by atoms with Crippen molar-refractivity contribution in [1.82, 2.24) is 20.4 Å². The van der Waals surface area contributed by atoms with Crippen LogP contribution in [0.15, 0.2) is 94.9 Å². The zero-order valence-electron chi connectivity index (χ0n) is 26.4. The summed E-state index contributed by atoms with van der Waals surface area (Å²) in [5.74, 6) is -3.88. The Balaban J connectivity index is 1.17. The van der Waals surface area contributed by atoms with Crippen molar-refractivity contribution in [1.29, 1.82) is 0 Å². The molecule has 8 N–H and O–H groups in total. The van der Waals surface area contributed by atoms with Gasteiger partial charge in [0.1, 0.15) is 18.6 Å². The van der Waals surface area contributed by atoms with E-state index in [0.29, 0.717) is 11.3 Å². The standard InChI is InChI=1S/C34H37N9O5/c1-32(2,20-11-5-3-6-12-20)23-16-10-9-15-22(23)28(45)38-25-18-43-30(36)37-24(27-33(43,34(25,47)48)40-29(35)39-27)17-42-26(44)19-41(31(42)46)21-13-7-4-8-14-21/h3-16,24-25,27,47-48H,17-19H2,1-2H3,(H2,36,37)(H,38,45)(H3,35,39,40)/t24-,25?,27-,33?/m0/s1. The lowest BCUT2D eigenvalue weighted by Gasteiger charge is -2.49. The van der Waals surface area contributed by atoms with Crippen LogP contribution in [0.25, 0.3) is 0 Å². The number of para-hydroxylation sites is 1. The summed E-state index contributed by atoms with van der Waals surface area (Å²) in [5.41, 5.74) is 12.9. The Morgan fingerprint density at radius 2 is 1.62 bits per heavy atom. The molecule has 2 fully saturated rings. The first-order chi connectivity index (χ1) is 22.9. The highest BCUT2D eigenvalue weighted by Crippen LogP contribution is 2.45. The first-order valence-corrected chi connectivity index (χ1v) is 15.7. The third kappa shape index (κ3) is 4.58. The smallest absolute Gasteiger partial charge is 0.331 e. The van der Waals surface area contributed by atoms with E-state index >= 15 is 0 Å². The average molecular weight is 652 g/mol. The number of nitrogens with one attached hydrogen (secondary N) is 2. The zero-order chi connectivity index (χ0) is 34.0. The number of aliphatic imine (C=N–C) groups is 2. The van der Waals surface area contributed by atoms with Crippen molar-refractivity contribution in [2.45, 2.75) is 48.8 Å². The minimum Gasteiger partial charge on any atom is -0.370 e. The van der Waals surface area contributed by atoms with Gasteiger partial charge in [-0.15, -0.1) is 0 Å². The molecule has 4 amide bonds. The molecule has 7 rings (SSSR count). The summed E-state index contributed by atoms with van der Waals surface area (Å²) in [5, 5.41) is 29.7. The van der Waals surface area contributed by atoms with Gasteiger partial charge in [0, 0.05) is 23.2 Å². The normalized spacial score (nSPS) is 26.1. The molecule has 1 spiro atoms. The summed E-state index contributed by atoms with van der Waals surface area (Å²) in [6.45, 7) is 3.48. The lowest BCUT2D eigenvalue weighted by Crippen LogP contribution is -2.78. The van der Waals surface area contributed by atoms with Gasteiger partial charge in [-0.25, -0.2) is 14.8 Å². The van der Waals surface area contributed by atoms with Crippen molar-refractivity contribution >= 4 is 35.5 Å². The third-order valence-electron chi connectivity index (χ3n) is 9.94. The maximum Gasteiger partial charge on any atom is 0.331 e. The third-order valence-corrected chi connectivity index (χ3v) is 9.94. The largest absolute Gasteiger partial charge is 0.370 e. The predicted molar refractivity (Wildman–Crippen MR) is 178 cm³/mol. The van der Waals surface area contributed by atoms with Crippen molar-refractivity contribution < 1.29 is 24.6 Å². The minimum absolute atomic E-state index is 0.0949. The van der Waals surface area contributed by atoms with Gasteiger partial charge in [-0.05, 0) is 29.3 Å². The molecule has 48 heavy (non-hydrogen) atoms. The van der Waals surface area contributed by atoms with Gasteiger partial charge in [-0.2, -0.15) is 0 Å². The monoisotopic (exact) mass is 651 g/mol. The van der Waals surface area contributed by atoms with Gasteiger partial charge in [0.05, 0.1) is 12.6 Å². The number of nitrogens with two attached hydrogens (primary N) is 2. The van der Waals surface area contributed by atoms with Crippen LogP contribution in [0.4, 0.5) is 10.5 Å². The predicted octanol–water partition coefficient (Wildman–Crippen LogP) is 0.256. The van der Waals surface area contributed by atoms with Crippen LogP contribution in [0.5, 0.6) is 0 Å². The van der Waals surface area contributed by atoms with Crippen LogP contribution in [-0.4, -0.2) is 99.0 Å². The Morgan fingerprint density at radius 1 is 0.979 bits per heavy atom. The summed E-state index contributed by atoms with van der Waals surface area (Å²) in [4.78, 5) is 53.3. The van der Waals surface area contributed by atoms with E-state index in [1.165, 1.54) is 9.80 Å². The summed E-state index contributed by atoms with van der Waals surface area (Å²) < 4.78 is 0. The molecule has 0 bridgehead atoms. The molecular formula is C34H37N9O5. The quantitative estimate of drug-likeness (QED) is 0.153. The molecule has 3 aromatic rings. The second-order valence-electron chi connectivity index (χ2n) is 13.0. The van der Waals surface area contributed by atoms with E-state index in [1.54, 1.807) is 36.4 Å². The van der Waals surface area contributed by atoms with Gasteiger partial charge >= 0.3 is 6.03 Å². The summed E-state index contributed by atoms with van der Waals surface area (Å²) >= 11 is 0. The number of amides is 4. The van der Waals surface area contributed by atoms with E-state index in [1.807, 2.05) is 62.4 Å². The number of carbonyl (C=O) groups is 3. The Morgan fingerprint density at radius 3 is 2.33 bits per heavy atom. The van der Waals surface area contributed by atoms with Crippen molar-refractivity contribution in [3.05, 3.63) is 102 Å². The summed E-state index contributed by atoms with van der Waals surface area (Å²) in [7, 11) is 0. The highest BCUT2D eigenvalue weighted by Gasteiger charge is 2.73.